The summed E-state index contributed by atoms with van der Waals surface area (Å²) >= 11 is 11.6. The number of alkyl halides is 3. The molecule has 140 valence electrons. The number of anilines is 1. The molecular weight excluding hydrogens is 418 g/mol. The van der Waals surface area contributed by atoms with E-state index in [1.54, 1.807) is 0 Å². The first kappa shape index (κ1) is 20.4. The number of carbonyl (C=O) groups excluding carboxylic acids is 1. The Morgan fingerprint density at radius 2 is 1.88 bits per heavy atom. The van der Waals surface area contributed by atoms with Crippen LogP contribution in [-0.2, 0) is 16.0 Å². The van der Waals surface area contributed by atoms with Gasteiger partial charge < -0.3 is 5.32 Å². The molecule has 0 aliphatic rings. The molecule has 0 aliphatic carbocycles. The summed E-state index contributed by atoms with van der Waals surface area (Å²) < 4.78 is 62.0. The van der Waals surface area contributed by atoms with Crippen LogP contribution in [0.3, 0.4) is 0 Å². The smallest absolute Gasteiger partial charge is 0.319 e. The standard InChI is InChI=1S/C14H10Cl2F3N3O3S/c1-2-26(24,25)13-20-6-9(16)11(22-13)12(23)21-10-5-7(14(17,18)19)3-4-8(10)15/h3-6H,2H2,1H3,(H,21,23). The van der Waals surface area contributed by atoms with E-state index >= 15 is 0 Å². The van der Waals surface area contributed by atoms with E-state index < -0.39 is 38.3 Å². The number of halogens is 5. The second-order valence-electron chi connectivity index (χ2n) is 4.90. The second kappa shape index (κ2) is 7.37. The highest BCUT2D eigenvalue weighted by molar-refractivity contribution is 7.91. The largest absolute Gasteiger partial charge is 0.416 e. The quantitative estimate of drug-likeness (QED) is 0.748. The molecule has 12 heteroatoms. The zero-order valence-corrected chi connectivity index (χ0v) is 15.3. The minimum atomic E-state index is -4.64. The first-order valence-electron chi connectivity index (χ1n) is 6.89. The lowest BCUT2D eigenvalue weighted by Gasteiger charge is -2.12. The zero-order chi connectivity index (χ0) is 19.7. The molecule has 1 amide bonds. The van der Waals surface area contributed by atoms with Crippen molar-refractivity contribution in [2.45, 2.75) is 18.3 Å². The Morgan fingerprint density at radius 1 is 1.23 bits per heavy atom. The highest BCUT2D eigenvalue weighted by Crippen LogP contribution is 2.34. The molecule has 1 N–H and O–H groups in total. The number of benzene rings is 1. The summed E-state index contributed by atoms with van der Waals surface area (Å²) in [5, 5.41) is 1.08. The molecule has 2 rings (SSSR count). The Bertz CT molecular complexity index is 966. The summed E-state index contributed by atoms with van der Waals surface area (Å²) in [4.78, 5) is 19.4. The topological polar surface area (TPSA) is 89.0 Å². The molecule has 0 fully saturated rings. The van der Waals surface area contributed by atoms with Gasteiger partial charge in [-0.2, -0.15) is 13.2 Å². The van der Waals surface area contributed by atoms with Crippen molar-refractivity contribution in [1.29, 1.82) is 0 Å². The van der Waals surface area contributed by atoms with Crippen LogP contribution >= 0.6 is 23.2 Å². The highest BCUT2D eigenvalue weighted by atomic mass is 35.5. The van der Waals surface area contributed by atoms with Gasteiger partial charge in [-0.15, -0.1) is 0 Å². The molecule has 0 saturated carbocycles. The van der Waals surface area contributed by atoms with Crippen molar-refractivity contribution in [2.24, 2.45) is 0 Å². The van der Waals surface area contributed by atoms with Crippen LogP contribution in [0.2, 0.25) is 10.0 Å². The van der Waals surface area contributed by atoms with Crippen molar-refractivity contribution in [2.75, 3.05) is 11.1 Å². The van der Waals surface area contributed by atoms with Gasteiger partial charge in [0.1, 0.15) is 0 Å². The van der Waals surface area contributed by atoms with Crippen LogP contribution in [-0.4, -0.2) is 30.0 Å². The van der Waals surface area contributed by atoms with Gasteiger partial charge in [0.2, 0.25) is 15.0 Å². The number of hydrogen-bond donors (Lipinski definition) is 1. The van der Waals surface area contributed by atoms with E-state index in [-0.39, 0.29) is 21.5 Å². The Hall–Kier alpha value is -1.91. The summed E-state index contributed by atoms with van der Waals surface area (Å²) in [5.74, 6) is -1.35. The number of nitrogens with one attached hydrogen (secondary N) is 1. The van der Waals surface area contributed by atoms with Crippen LogP contribution < -0.4 is 5.32 Å². The van der Waals surface area contributed by atoms with Gasteiger partial charge in [0.25, 0.3) is 5.91 Å². The molecule has 0 atom stereocenters. The summed E-state index contributed by atoms with van der Waals surface area (Å²) in [6, 6.07) is 2.36. The monoisotopic (exact) mass is 427 g/mol. The van der Waals surface area contributed by atoms with Gasteiger partial charge in [0.05, 0.1) is 33.2 Å². The van der Waals surface area contributed by atoms with Gasteiger partial charge in [-0.05, 0) is 18.2 Å². The first-order chi connectivity index (χ1) is 12.0. The van der Waals surface area contributed by atoms with Crippen molar-refractivity contribution in [3.8, 4) is 0 Å². The molecule has 0 bridgehead atoms. The van der Waals surface area contributed by atoms with E-state index in [2.05, 4.69) is 15.3 Å². The van der Waals surface area contributed by atoms with Crippen molar-refractivity contribution in [3.05, 3.63) is 45.7 Å². The fourth-order valence-electron chi connectivity index (χ4n) is 1.77. The normalized spacial score (nSPS) is 12.1. The van der Waals surface area contributed by atoms with Gasteiger partial charge in [0.15, 0.2) is 5.69 Å². The summed E-state index contributed by atoms with van der Waals surface area (Å²) in [6.07, 6.45) is -3.72. The third kappa shape index (κ3) is 4.43. The van der Waals surface area contributed by atoms with E-state index in [9.17, 15) is 26.4 Å². The van der Waals surface area contributed by atoms with Crippen LogP contribution in [0.4, 0.5) is 18.9 Å². The average Bonchev–Trinajstić information content (AvgIpc) is 2.55. The number of sulfone groups is 1. The first-order valence-corrected chi connectivity index (χ1v) is 9.30. The lowest BCUT2D eigenvalue weighted by atomic mass is 10.2. The molecule has 1 aromatic carbocycles. The maximum absolute atomic E-state index is 12.8. The summed E-state index contributed by atoms with van der Waals surface area (Å²) in [5.41, 5.74) is -1.87. The van der Waals surface area contributed by atoms with E-state index in [0.717, 1.165) is 18.3 Å². The van der Waals surface area contributed by atoms with Crippen LogP contribution in [0.25, 0.3) is 0 Å². The molecule has 0 spiro atoms. The number of amides is 1. The third-order valence-electron chi connectivity index (χ3n) is 3.14. The number of hydrogen-bond acceptors (Lipinski definition) is 5. The van der Waals surface area contributed by atoms with Crippen LogP contribution in [0.15, 0.2) is 29.6 Å². The Labute approximate surface area is 156 Å². The molecule has 2 aromatic rings. The van der Waals surface area contributed by atoms with Crippen LogP contribution in [0.1, 0.15) is 23.0 Å². The molecule has 0 aliphatic heterocycles. The maximum atomic E-state index is 12.8. The minimum absolute atomic E-state index is 0.155. The third-order valence-corrected chi connectivity index (χ3v) is 5.26. The lowest BCUT2D eigenvalue weighted by Crippen LogP contribution is -2.18. The van der Waals surface area contributed by atoms with Crippen molar-refractivity contribution in [1.82, 2.24) is 9.97 Å². The Morgan fingerprint density at radius 3 is 2.46 bits per heavy atom. The van der Waals surface area contributed by atoms with Gasteiger partial charge in [-0.25, -0.2) is 18.4 Å². The van der Waals surface area contributed by atoms with Gasteiger partial charge in [-0.3, -0.25) is 4.79 Å². The molecule has 0 saturated heterocycles. The number of nitrogens with zero attached hydrogens (tertiary/aromatic N) is 2. The molecule has 6 nitrogen and oxygen atoms in total. The van der Waals surface area contributed by atoms with Crippen molar-refractivity contribution >= 4 is 44.6 Å². The molecule has 0 unspecified atom stereocenters. The molecule has 1 heterocycles. The average molecular weight is 428 g/mol. The second-order valence-corrected chi connectivity index (χ2v) is 7.89. The lowest BCUT2D eigenvalue weighted by molar-refractivity contribution is -0.137. The SMILES string of the molecule is CCS(=O)(=O)c1ncc(Cl)c(C(=O)Nc2cc(C(F)(F)F)ccc2Cl)n1. The van der Waals surface area contributed by atoms with Crippen molar-refractivity contribution < 1.29 is 26.4 Å². The fourth-order valence-corrected chi connectivity index (χ4v) is 2.81. The fraction of sp³-hybridized carbons (Fsp3) is 0.214. The Balaban J connectivity index is 2.41. The molecular formula is C14H10Cl2F3N3O3S. The molecule has 1 aromatic heterocycles. The van der Waals surface area contributed by atoms with Crippen LogP contribution in [0.5, 0.6) is 0 Å². The predicted molar refractivity (Wildman–Crippen MR) is 89.2 cm³/mol. The summed E-state index contributed by atoms with van der Waals surface area (Å²) in [6.45, 7) is 1.36. The van der Waals surface area contributed by atoms with Gasteiger partial charge >= 0.3 is 6.18 Å². The van der Waals surface area contributed by atoms with E-state index in [1.165, 1.54) is 6.92 Å². The van der Waals surface area contributed by atoms with Gasteiger partial charge in [0, 0.05) is 0 Å². The van der Waals surface area contributed by atoms with E-state index in [0.29, 0.717) is 6.07 Å². The molecule has 0 radical (unpaired) electrons. The summed E-state index contributed by atoms with van der Waals surface area (Å²) in [7, 11) is -3.81. The number of aromatic nitrogens is 2. The minimum Gasteiger partial charge on any atom is -0.319 e. The van der Waals surface area contributed by atoms with E-state index in [4.69, 9.17) is 23.2 Å². The number of rotatable bonds is 4. The maximum Gasteiger partial charge on any atom is 0.416 e. The zero-order valence-electron chi connectivity index (χ0n) is 12.9. The van der Waals surface area contributed by atoms with Crippen LogP contribution in [0, 0.1) is 0 Å². The Kier molecular flexibility index (Phi) is 5.79. The van der Waals surface area contributed by atoms with Gasteiger partial charge in [-0.1, -0.05) is 30.1 Å². The van der Waals surface area contributed by atoms with E-state index in [1.807, 2.05) is 0 Å². The van der Waals surface area contributed by atoms with Crippen molar-refractivity contribution in [3.63, 3.8) is 0 Å². The number of carbonyl (C=O) groups is 1. The predicted octanol–water partition coefficient (Wildman–Crippen LogP) is 3.85. The highest BCUT2D eigenvalue weighted by Gasteiger charge is 2.31. The molecule has 26 heavy (non-hydrogen) atoms.